The van der Waals surface area contributed by atoms with Gasteiger partial charge >= 0.3 is 11.8 Å². The average molecular weight is 677 g/mol. The monoisotopic (exact) mass is 676 g/mol. The number of alkyl carbamates (subject to hydrolysis) is 1. The van der Waals surface area contributed by atoms with Crippen LogP contribution in [0, 0.1) is 11.8 Å². The fourth-order valence-electron chi connectivity index (χ4n) is 5.83. The number of fused-ring (bicyclic) bond motifs is 2. The molecule has 0 spiro atoms. The molecule has 3 aromatic heterocycles. The van der Waals surface area contributed by atoms with Crippen molar-refractivity contribution in [3.8, 4) is 11.8 Å². The summed E-state index contributed by atoms with van der Waals surface area (Å²) in [7, 11) is 0.424. The Morgan fingerprint density at radius 3 is 2.65 bits per heavy atom. The largest absolute Gasteiger partial charge is 0.444 e. The highest BCUT2D eigenvalue weighted by atomic mass is 28.3. The van der Waals surface area contributed by atoms with Crippen molar-refractivity contribution in [1.82, 2.24) is 33.6 Å². The van der Waals surface area contributed by atoms with Gasteiger partial charge in [0.1, 0.15) is 12.3 Å². The van der Waals surface area contributed by atoms with Gasteiger partial charge in [0.05, 0.1) is 30.5 Å². The second-order valence-corrected chi connectivity index (χ2v) is 20.3. The fourth-order valence-corrected chi connectivity index (χ4v) is 6.58. The molecule has 1 aliphatic rings. The van der Waals surface area contributed by atoms with Crippen LogP contribution < -0.4 is 21.5 Å². The maximum atomic E-state index is 14.2. The maximum Gasteiger partial charge on any atom is 0.407 e. The standard InChI is InChI=1S/C34H48N8O5Si/c1-9-10-16-41-28-29(37-31(41)39-15-11-12-25(21-39)36-32(44)47-34(2,3)4)38(5)33(45)42(30(28)43)20-24-13-14-26-27(19-24)40(22-35-26)23-46-17-18-48(6,7)8/h13-14,19,22,25H,11-12,15-18,20-21,23H2,1-8H3,(H,36,44). The maximum absolute atomic E-state index is 14.2. The summed E-state index contributed by atoms with van der Waals surface area (Å²) in [4.78, 5) is 51.8. The molecule has 0 bridgehead atoms. The Hall–Kier alpha value is -4.35. The van der Waals surface area contributed by atoms with Crippen molar-refractivity contribution in [2.24, 2.45) is 7.05 Å². The smallest absolute Gasteiger partial charge is 0.407 e. The molecule has 13 nitrogen and oxygen atoms in total. The van der Waals surface area contributed by atoms with Gasteiger partial charge in [0.2, 0.25) is 5.95 Å². The summed E-state index contributed by atoms with van der Waals surface area (Å²) in [6.45, 7) is 16.7. The van der Waals surface area contributed by atoms with Crippen LogP contribution in [0.1, 0.15) is 46.1 Å². The molecule has 1 aromatic carbocycles. The van der Waals surface area contributed by atoms with E-state index in [-0.39, 0.29) is 19.1 Å². The molecule has 1 amide bonds. The number of aryl methyl sites for hydroxylation is 1. The van der Waals surface area contributed by atoms with Crippen molar-refractivity contribution in [2.75, 3.05) is 24.6 Å². The second kappa shape index (κ2) is 14.0. The molecule has 1 fully saturated rings. The van der Waals surface area contributed by atoms with Crippen LogP contribution in [-0.2, 0) is 36.3 Å². The first-order valence-electron chi connectivity index (χ1n) is 16.5. The van der Waals surface area contributed by atoms with Crippen molar-refractivity contribution in [3.63, 3.8) is 0 Å². The zero-order valence-electron chi connectivity index (χ0n) is 29.4. The number of benzene rings is 1. The molecule has 1 saturated heterocycles. The summed E-state index contributed by atoms with van der Waals surface area (Å²) in [5.74, 6) is 6.53. The van der Waals surface area contributed by atoms with Gasteiger partial charge < -0.3 is 24.3 Å². The Morgan fingerprint density at radius 1 is 1.17 bits per heavy atom. The molecule has 1 N–H and O–H groups in total. The Morgan fingerprint density at radius 2 is 1.94 bits per heavy atom. The van der Waals surface area contributed by atoms with E-state index >= 15 is 0 Å². The van der Waals surface area contributed by atoms with Gasteiger partial charge in [-0.3, -0.25) is 18.5 Å². The number of hydrogen-bond acceptors (Lipinski definition) is 8. The highest BCUT2D eigenvalue weighted by Gasteiger charge is 2.29. The lowest BCUT2D eigenvalue weighted by Crippen LogP contribution is -2.49. The van der Waals surface area contributed by atoms with Crippen LogP contribution in [0.5, 0.6) is 0 Å². The zero-order chi connectivity index (χ0) is 34.8. The lowest BCUT2D eigenvalue weighted by molar-refractivity contribution is 0.0499. The molecule has 1 aliphatic heterocycles. The number of amides is 1. The van der Waals surface area contributed by atoms with Gasteiger partial charge in [-0.1, -0.05) is 31.6 Å². The highest BCUT2D eigenvalue weighted by Crippen LogP contribution is 2.24. The van der Waals surface area contributed by atoms with Crippen LogP contribution in [0.3, 0.4) is 0 Å². The van der Waals surface area contributed by atoms with E-state index in [0.29, 0.717) is 43.5 Å². The van der Waals surface area contributed by atoms with E-state index in [1.165, 1.54) is 9.13 Å². The molecular weight excluding hydrogens is 629 g/mol. The average Bonchev–Trinajstić information content (AvgIpc) is 3.59. The minimum absolute atomic E-state index is 0.0740. The zero-order valence-corrected chi connectivity index (χ0v) is 30.4. The number of carbonyl (C=O) groups excluding carboxylic acids is 1. The van der Waals surface area contributed by atoms with Crippen molar-refractivity contribution < 1.29 is 14.3 Å². The van der Waals surface area contributed by atoms with Gasteiger partial charge in [-0.2, -0.15) is 4.98 Å². The van der Waals surface area contributed by atoms with E-state index in [2.05, 4.69) is 41.8 Å². The third kappa shape index (κ3) is 8.02. The topological polar surface area (TPSA) is 130 Å². The van der Waals surface area contributed by atoms with E-state index in [1.54, 1.807) is 24.9 Å². The summed E-state index contributed by atoms with van der Waals surface area (Å²) >= 11 is 0. The Labute approximate surface area is 281 Å². The van der Waals surface area contributed by atoms with Crippen LogP contribution in [0.2, 0.25) is 25.7 Å². The minimum Gasteiger partial charge on any atom is -0.444 e. The molecule has 14 heteroatoms. The molecule has 5 rings (SSSR count). The van der Waals surface area contributed by atoms with Gasteiger partial charge in [-0.25, -0.2) is 14.6 Å². The SMILES string of the molecule is CC#CCn1c(N2CCCC(NC(=O)OC(C)(C)C)C2)nc2c1c(=O)n(Cc1ccc3ncn(COCC[Si](C)(C)C)c3c1)c(=O)n2C. The van der Waals surface area contributed by atoms with Crippen molar-refractivity contribution in [2.45, 2.75) is 97.7 Å². The van der Waals surface area contributed by atoms with E-state index in [4.69, 9.17) is 14.5 Å². The van der Waals surface area contributed by atoms with Crippen LogP contribution in [0.25, 0.3) is 22.2 Å². The summed E-state index contributed by atoms with van der Waals surface area (Å²) in [6, 6.07) is 6.64. The molecule has 0 radical (unpaired) electrons. The summed E-state index contributed by atoms with van der Waals surface area (Å²) in [6.07, 6.45) is 2.86. The molecule has 1 unspecified atom stereocenters. The minimum atomic E-state index is -1.21. The molecular formula is C34H48N8O5Si. The number of aromatic nitrogens is 6. The van der Waals surface area contributed by atoms with Crippen LogP contribution in [0.4, 0.5) is 10.7 Å². The number of ether oxygens (including phenoxy) is 2. The Balaban J connectivity index is 1.46. The van der Waals surface area contributed by atoms with E-state index in [9.17, 15) is 14.4 Å². The van der Waals surface area contributed by atoms with E-state index in [1.807, 2.05) is 48.4 Å². The third-order valence-electron chi connectivity index (χ3n) is 8.30. The Bertz CT molecular complexity index is 1980. The van der Waals surface area contributed by atoms with Gasteiger partial charge in [0, 0.05) is 40.9 Å². The number of nitrogens with zero attached hydrogens (tertiary/aromatic N) is 7. The number of imidazole rings is 2. The number of nitrogens with one attached hydrogen (secondary N) is 1. The molecule has 4 aromatic rings. The molecule has 1 atom stereocenters. The first-order valence-corrected chi connectivity index (χ1v) is 20.2. The van der Waals surface area contributed by atoms with Gasteiger partial charge in [-0.15, -0.1) is 5.92 Å². The second-order valence-electron chi connectivity index (χ2n) is 14.6. The lowest BCUT2D eigenvalue weighted by Gasteiger charge is -2.34. The summed E-state index contributed by atoms with van der Waals surface area (Å²) in [5, 5.41) is 2.97. The third-order valence-corrected chi connectivity index (χ3v) is 10.0. The van der Waals surface area contributed by atoms with Crippen molar-refractivity contribution >= 4 is 42.3 Å². The first kappa shape index (κ1) is 35.0. The predicted octanol–water partition coefficient (Wildman–Crippen LogP) is 4.12. The van der Waals surface area contributed by atoms with E-state index in [0.717, 1.165) is 35.5 Å². The van der Waals surface area contributed by atoms with Crippen molar-refractivity contribution in [1.29, 1.82) is 0 Å². The lowest BCUT2D eigenvalue weighted by atomic mass is 10.1. The molecule has 258 valence electrons. The molecule has 48 heavy (non-hydrogen) atoms. The quantitative estimate of drug-likeness (QED) is 0.151. The van der Waals surface area contributed by atoms with Crippen molar-refractivity contribution in [3.05, 3.63) is 50.9 Å². The molecule has 0 saturated carbocycles. The van der Waals surface area contributed by atoms with E-state index < -0.39 is 31.0 Å². The summed E-state index contributed by atoms with van der Waals surface area (Å²) in [5.41, 5.74) is 1.56. The number of anilines is 1. The van der Waals surface area contributed by atoms with Crippen LogP contribution in [-0.4, -0.2) is 73.7 Å². The fraction of sp³-hybridized carbons (Fsp3) is 0.559. The Kier molecular flexibility index (Phi) is 10.2. The molecule has 4 heterocycles. The normalized spacial score (nSPS) is 15.5. The van der Waals surface area contributed by atoms with Gasteiger partial charge in [0.15, 0.2) is 11.2 Å². The molecule has 0 aliphatic carbocycles. The van der Waals surface area contributed by atoms with Gasteiger partial charge in [0.25, 0.3) is 5.56 Å². The number of hydrogen-bond donors (Lipinski definition) is 1. The number of rotatable bonds is 10. The number of carbonyl (C=O) groups is 1. The summed E-state index contributed by atoms with van der Waals surface area (Å²) < 4.78 is 17.8. The van der Waals surface area contributed by atoms with Crippen LogP contribution >= 0.6 is 0 Å². The number of piperidine rings is 1. The highest BCUT2D eigenvalue weighted by molar-refractivity contribution is 6.76. The predicted molar refractivity (Wildman–Crippen MR) is 190 cm³/mol. The van der Waals surface area contributed by atoms with Crippen LogP contribution in [0.15, 0.2) is 34.1 Å². The van der Waals surface area contributed by atoms with Gasteiger partial charge in [-0.05, 0) is 64.3 Å². The first-order chi connectivity index (χ1) is 22.6.